The summed E-state index contributed by atoms with van der Waals surface area (Å²) in [7, 11) is 0. The number of allylic oxidation sites excluding steroid dienone is 2. The molecule has 0 aromatic rings. The van der Waals surface area contributed by atoms with Gasteiger partial charge in [0.25, 0.3) is 0 Å². The summed E-state index contributed by atoms with van der Waals surface area (Å²) in [5.41, 5.74) is 0.767. The van der Waals surface area contributed by atoms with Crippen LogP contribution in [0.2, 0.25) is 0 Å². The van der Waals surface area contributed by atoms with E-state index in [-0.39, 0.29) is 16.6 Å². The van der Waals surface area contributed by atoms with E-state index in [2.05, 4.69) is 13.8 Å². The Balaban J connectivity index is 2.42. The van der Waals surface area contributed by atoms with Crippen molar-refractivity contribution in [2.45, 2.75) is 46.5 Å². The third-order valence-corrected chi connectivity index (χ3v) is 3.84. The molecule has 2 aliphatic carbocycles. The number of fused-ring (bicyclic) bond motifs is 1. The van der Waals surface area contributed by atoms with Crippen molar-refractivity contribution in [1.82, 2.24) is 0 Å². The second-order valence-corrected chi connectivity index (χ2v) is 5.91. The zero-order chi connectivity index (χ0) is 11.3. The topological polar surface area (TPSA) is 34.1 Å². The number of carbonyl (C=O) groups is 2. The number of hydrogen-bond acceptors (Lipinski definition) is 2. The van der Waals surface area contributed by atoms with Gasteiger partial charge in [0.05, 0.1) is 0 Å². The molecule has 0 heterocycles. The summed E-state index contributed by atoms with van der Waals surface area (Å²) in [6.45, 7) is 6.21. The van der Waals surface area contributed by atoms with Crippen molar-refractivity contribution in [1.29, 1.82) is 0 Å². The molecule has 2 heteroatoms. The van der Waals surface area contributed by atoms with Crippen molar-refractivity contribution in [2.24, 2.45) is 10.8 Å². The molecular weight excluding hydrogens is 188 g/mol. The smallest absolute Gasteiger partial charge is 0.155 e. The van der Waals surface area contributed by atoms with Crippen molar-refractivity contribution < 1.29 is 9.59 Å². The van der Waals surface area contributed by atoms with Gasteiger partial charge in [0.1, 0.15) is 5.78 Å². The Morgan fingerprint density at radius 3 is 2.47 bits per heavy atom. The number of Topliss-reactive ketones (excluding diaryl/α,β-unsaturated/α-hetero) is 1. The molecule has 0 aromatic carbocycles. The maximum Gasteiger partial charge on any atom is 0.155 e. The highest BCUT2D eigenvalue weighted by Crippen LogP contribution is 2.50. The molecule has 82 valence electrons. The predicted molar refractivity (Wildman–Crippen MR) is 58.5 cm³/mol. The van der Waals surface area contributed by atoms with E-state index < -0.39 is 0 Å². The zero-order valence-corrected chi connectivity index (χ0v) is 9.72. The number of rotatable bonds is 0. The van der Waals surface area contributed by atoms with Crippen LogP contribution in [0.4, 0.5) is 0 Å². The van der Waals surface area contributed by atoms with Crippen molar-refractivity contribution in [3.63, 3.8) is 0 Å². The molecule has 0 unspecified atom stereocenters. The molecule has 0 bridgehead atoms. The summed E-state index contributed by atoms with van der Waals surface area (Å²) in [6, 6.07) is 0. The third-order valence-electron chi connectivity index (χ3n) is 3.84. The minimum atomic E-state index is -0.330. The summed E-state index contributed by atoms with van der Waals surface area (Å²) in [5, 5.41) is 0. The summed E-state index contributed by atoms with van der Waals surface area (Å²) < 4.78 is 0. The lowest BCUT2D eigenvalue weighted by Gasteiger charge is -2.44. The van der Waals surface area contributed by atoms with Gasteiger partial charge in [0, 0.05) is 18.3 Å². The van der Waals surface area contributed by atoms with Crippen LogP contribution in [0, 0.1) is 10.8 Å². The van der Waals surface area contributed by atoms with E-state index in [1.54, 1.807) is 6.08 Å². The van der Waals surface area contributed by atoms with Gasteiger partial charge in [-0.25, -0.2) is 0 Å². The van der Waals surface area contributed by atoms with Crippen LogP contribution in [0.5, 0.6) is 0 Å². The standard InChI is InChI=1S/C13H18O2/c1-12(2)7-9-6-10(14)4-5-13(9,3)11(15)8-12/h6H,4-5,7-8H2,1-3H3/t13-/m0/s1. The van der Waals surface area contributed by atoms with E-state index in [1.165, 1.54) is 0 Å². The second-order valence-electron chi connectivity index (χ2n) is 5.91. The number of hydrogen-bond donors (Lipinski definition) is 0. The van der Waals surface area contributed by atoms with Crippen LogP contribution in [-0.2, 0) is 9.59 Å². The van der Waals surface area contributed by atoms with Crippen molar-refractivity contribution in [2.75, 3.05) is 0 Å². The van der Waals surface area contributed by atoms with Gasteiger partial charge in [-0.2, -0.15) is 0 Å². The third kappa shape index (κ3) is 1.66. The SMILES string of the molecule is CC1(C)CC(=O)[C@@]2(C)CCC(=O)C=C2C1. The van der Waals surface area contributed by atoms with Crippen LogP contribution in [0.1, 0.15) is 46.5 Å². The normalized spacial score (nSPS) is 34.7. The van der Waals surface area contributed by atoms with Crippen molar-refractivity contribution in [3.05, 3.63) is 11.6 Å². The summed E-state index contributed by atoms with van der Waals surface area (Å²) in [4.78, 5) is 23.5. The quantitative estimate of drug-likeness (QED) is 0.610. The number of ketones is 2. The summed E-state index contributed by atoms with van der Waals surface area (Å²) in [6.07, 6.45) is 4.51. The molecule has 0 radical (unpaired) electrons. The Hall–Kier alpha value is -0.920. The van der Waals surface area contributed by atoms with Gasteiger partial charge in [-0.3, -0.25) is 9.59 Å². The van der Waals surface area contributed by atoms with E-state index >= 15 is 0 Å². The second kappa shape index (κ2) is 3.03. The fraction of sp³-hybridized carbons (Fsp3) is 0.692. The molecule has 0 saturated heterocycles. The van der Waals surface area contributed by atoms with E-state index in [4.69, 9.17) is 0 Å². The highest BCUT2D eigenvalue weighted by Gasteiger charge is 2.46. The van der Waals surface area contributed by atoms with E-state index in [9.17, 15) is 9.59 Å². The van der Waals surface area contributed by atoms with Gasteiger partial charge in [-0.05, 0) is 31.3 Å². The van der Waals surface area contributed by atoms with Gasteiger partial charge in [-0.1, -0.05) is 19.4 Å². The van der Waals surface area contributed by atoms with Gasteiger partial charge >= 0.3 is 0 Å². The van der Waals surface area contributed by atoms with Gasteiger partial charge < -0.3 is 0 Å². The van der Waals surface area contributed by atoms with Crippen LogP contribution >= 0.6 is 0 Å². The fourth-order valence-electron chi connectivity index (χ4n) is 2.73. The highest BCUT2D eigenvalue weighted by molar-refractivity contribution is 5.98. The molecule has 2 aliphatic rings. The predicted octanol–water partition coefficient (Wildman–Crippen LogP) is 2.67. The van der Waals surface area contributed by atoms with Crippen LogP contribution in [0.25, 0.3) is 0 Å². The molecule has 0 amide bonds. The molecule has 0 aliphatic heterocycles. The van der Waals surface area contributed by atoms with Crippen molar-refractivity contribution in [3.8, 4) is 0 Å². The lowest BCUT2D eigenvalue weighted by atomic mass is 9.59. The molecule has 0 N–H and O–H groups in total. The molecule has 1 fully saturated rings. The Morgan fingerprint density at radius 1 is 1.13 bits per heavy atom. The number of carbonyl (C=O) groups excluding carboxylic acids is 2. The first-order valence-corrected chi connectivity index (χ1v) is 5.61. The summed E-state index contributed by atoms with van der Waals surface area (Å²) >= 11 is 0. The average Bonchev–Trinajstić information content (AvgIpc) is 2.08. The van der Waals surface area contributed by atoms with Crippen LogP contribution in [0.15, 0.2) is 11.6 Å². The minimum absolute atomic E-state index is 0.0278. The highest BCUT2D eigenvalue weighted by atomic mass is 16.1. The van der Waals surface area contributed by atoms with E-state index in [0.717, 1.165) is 12.0 Å². The van der Waals surface area contributed by atoms with Crippen LogP contribution < -0.4 is 0 Å². The average molecular weight is 206 g/mol. The van der Waals surface area contributed by atoms with Gasteiger partial charge in [0.15, 0.2) is 5.78 Å². The Kier molecular flexibility index (Phi) is 2.14. The van der Waals surface area contributed by atoms with E-state index in [0.29, 0.717) is 25.0 Å². The van der Waals surface area contributed by atoms with E-state index in [1.807, 2.05) is 6.92 Å². The van der Waals surface area contributed by atoms with Crippen LogP contribution in [-0.4, -0.2) is 11.6 Å². The van der Waals surface area contributed by atoms with Crippen molar-refractivity contribution >= 4 is 11.6 Å². The Labute approximate surface area is 90.7 Å². The van der Waals surface area contributed by atoms with Gasteiger partial charge in [0.2, 0.25) is 0 Å². The first-order valence-electron chi connectivity index (χ1n) is 5.61. The lowest BCUT2D eigenvalue weighted by molar-refractivity contribution is -0.131. The molecule has 2 nitrogen and oxygen atoms in total. The first-order chi connectivity index (χ1) is 6.83. The maximum absolute atomic E-state index is 12.1. The van der Waals surface area contributed by atoms with Crippen LogP contribution in [0.3, 0.4) is 0 Å². The molecule has 2 rings (SSSR count). The minimum Gasteiger partial charge on any atom is -0.299 e. The lowest BCUT2D eigenvalue weighted by Crippen LogP contribution is -2.42. The fourth-order valence-corrected chi connectivity index (χ4v) is 2.73. The molecule has 0 aromatic heterocycles. The van der Waals surface area contributed by atoms with Gasteiger partial charge in [-0.15, -0.1) is 0 Å². The molecular formula is C13H18O2. The first kappa shape index (κ1) is 10.6. The molecule has 0 spiro atoms. The largest absolute Gasteiger partial charge is 0.299 e. The molecule has 15 heavy (non-hydrogen) atoms. The summed E-state index contributed by atoms with van der Waals surface area (Å²) in [5.74, 6) is 0.505. The maximum atomic E-state index is 12.1. The zero-order valence-electron chi connectivity index (χ0n) is 9.72. The monoisotopic (exact) mass is 206 g/mol. The Morgan fingerprint density at radius 2 is 1.80 bits per heavy atom. The molecule has 1 atom stereocenters. The molecule has 1 saturated carbocycles. The Bertz CT molecular complexity index is 363.